The minimum atomic E-state index is -0.240. The Morgan fingerprint density at radius 2 is 0.689 bits per heavy atom. The smallest absolute Gasteiger partial charge is 0.126 e. The van der Waals surface area contributed by atoms with Gasteiger partial charge in [0.1, 0.15) is 5.75 Å². The van der Waals surface area contributed by atoms with Crippen LogP contribution < -0.4 is 20.1 Å². The van der Waals surface area contributed by atoms with E-state index in [4.69, 9.17) is 15.3 Å². The van der Waals surface area contributed by atoms with Crippen molar-refractivity contribution in [3.63, 3.8) is 0 Å². The van der Waals surface area contributed by atoms with Crippen LogP contribution in [0.3, 0.4) is 0 Å². The summed E-state index contributed by atoms with van der Waals surface area (Å²) >= 11 is 0. The first kappa shape index (κ1) is 54.6. The molecule has 0 aliphatic heterocycles. The molecule has 0 N–H and O–H groups in total. The van der Waals surface area contributed by atoms with Crippen LogP contribution in [0.1, 0.15) is 190 Å². The van der Waals surface area contributed by atoms with Gasteiger partial charge in [0, 0.05) is 45.2 Å². The molecule has 0 unspecified atom stereocenters. The van der Waals surface area contributed by atoms with Crippen molar-refractivity contribution in [3.8, 4) is 35.1 Å². The van der Waals surface area contributed by atoms with Crippen molar-refractivity contribution in [1.29, 1.82) is 10.5 Å². The Bertz CT molecular complexity index is 2050. The van der Waals surface area contributed by atoms with Crippen LogP contribution in [0, 0.1) is 22.7 Å². The van der Waals surface area contributed by atoms with E-state index in [9.17, 15) is 15.3 Å². The summed E-state index contributed by atoms with van der Waals surface area (Å²) in [7, 11) is 0. The average molecular weight is 865 g/mol. The van der Waals surface area contributed by atoms with Crippen molar-refractivity contribution in [2.75, 3.05) is 6.61 Å². The van der Waals surface area contributed by atoms with Gasteiger partial charge in [0.15, 0.2) is 0 Å². The van der Waals surface area contributed by atoms with Crippen molar-refractivity contribution in [1.82, 2.24) is 0 Å². The predicted octanol–water partition coefficient (Wildman–Crippen LogP) is 11.3. The van der Waals surface area contributed by atoms with Gasteiger partial charge < -0.3 is 25.5 Å². The molecule has 4 aromatic rings. The number of hydrogen-bond acceptors (Lipinski definition) is 6. The molecule has 7 nitrogen and oxygen atoms in total. The quantitative estimate of drug-likeness (QED) is 0.160. The fraction of sp³-hybridized carbons (Fsp3) is 0.509. The van der Waals surface area contributed by atoms with Gasteiger partial charge in [-0.2, -0.15) is 10.5 Å². The number of rotatable bonds is 5. The van der Waals surface area contributed by atoms with Gasteiger partial charge >= 0.3 is 0 Å². The number of hydrogen-bond donors (Lipinski definition) is 0. The average Bonchev–Trinajstić information content (AvgIpc) is 3.10. The molecular weight excluding hydrogens is 796 g/mol. The molecule has 0 atom stereocenters. The molecule has 0 spiro atoms. The van der Waals surface area contributed by atoms with Crippen molar-refractivity contribution < 1.29 is 44.1 Å². The van der Waals surface area contributed by atoms with E-state index < -0.39 is 0 Å². The molecule has 0 saturated carbocycles. The molecule has 5 rings (SSSR count). The number of benzene rings is 4. The van der Waals surface area contributed by atoms with Crippen LogP contribution in [0.15, 0.2) is 48.5 Å². The van der Waals surface area contributed by atoms with Crippen molar-refractivity contribution in [3.05, 3.63) is 115 Å². The van der Waals surface area contributed by atoms with Crippen LogP contribution in [-0.4, -0.2) is 6.61 Å². The Morgan fingerprint density at radius 3 is 0.902 bits per heavy atom. The molecule has 0 amide bonds. The largest absolute Gasteiger partial charge is 2.00 e. The summed E-state index contributed by atoms with van der Waals surface area (Å²) in [5.74, 6) is 0.659. The second-order valence-corrected chi connectivity index (χ2v) is 20.2. The normalized spacial score (nSPS) is 12.4. The molecule has 1 radical (unpaired) electrons. The molecule has 8 bridgehead atoms. The molecule has 0 saturated heterocycles. The van der Waals surface area contributed by atoms with Gasteiger partial charge in [0.25, 0.3) is 0 Å². The molecule has 0 fully saturated rings. The van der Waals surface area contributed by atoms with Crippen LogP contribution in [0.2, 0.25) is 0 Å². The zero-order chi connectivity index (χ0) is 44.7. The first-order valence-corrected chi connectivity index (χ1v) is 21.2. The summed E-state index contributed by atoms with van der Waals surface area (Å²) in [6.07, 6.45) is 4.32. The standard InChI is InChI=1S/C49H66O4.2C2H3N.O.V/c1-14-15-16-17-53-45-36-20-34-26-39(47(5,6)7)24-32(43(34)51)18-30-22-38(46(2,3)4)23-31(42(30)50)19-33-25-40(48(8,9)10)27-35(44(33)52)21-37(45)29-41(28-36)49(11,12)13;2*1-2-3;;/h22-29,50-52H,14-21H2,1-13H3;2*1H3;;/q;;;-2;/p-3. The molecule has 1 aliphatic rings. The third kappa shape index (κ3) is 14.3. The van der Waals surface area contributed by atoms with Crippen LogP contribution in [-0.2, 0) is 71.4 Å². The summed E-state index contributed by atoms with van der Waals surface area (Å²) in [5.41, 5.74) is 9.26. The van der Waals surface area contributed by atoms with E-state index in [-0.39, 0.29) is 75.8 Å². The van der Waals surface area contributed by atoms with Gasteiger partial charge in [-0.05, 0) is 74.3 Å². The van der Waals surface area contributed by atoms with Crippen molar-refractivity contribution >= 4 is 0 Å². The van der Waals surface area contributed by atoms with E-state index >= 15 is 0 Å². The Labute approximate surface area is 380 Å². The van der Waals surface area contributed by atoms with Gasteiger partial charge in [0.2, 0.25) is 0 Å². The molecular formula is C53H69N2O5V-5. The van der Waals surface area contributed by atoms with Gasteiger partial charge in [-0.1, -0.05) is 185 Å². The number of nitriles is 2. The van der Waals surface area contributed by atoms with Crippen molar-refractivity contribution in [2.45, 2.75) is 170 Å². The number of unbranched alkanes of at least 4 members (excludes halogenated alkanes) is 2. The second kappa shape index (κ2) is 22.1. The number of ether oxygens (including phenoxy) is 1. The number of fused-ring (bicyclic) bond motifs is 8. The molecule has 4 aromatic carbocycles. The van der Waals surface area contributed by atoms with E-state index in [0.29, 0.717) is 52.8 Å². The van der Waals surface area contributed by atoms with Crippen LogP contribution in [0.5, 0.6) is 23.0 Å². The molecule has 1 aliphatic carbocycles. The molecule has 61 heavy (non-hydrogen) atoms. The van der Waals surface area contributed by atoms with Gasteiger partial charge in [-0.25, -0.2) is 0 Å². The summed E-state index contributed by atoms with van der Waals surface area (Å²) in [6.45, 7) is 31.7. The van der Waals surface area contributed by atoms with E-state index in [1.807, 2.05) is 24.3 Å². The Hall–Kier alpha value is -4.40. The fourth-order valence-corrected chi connectivity index (χ4v) is 7.33. The zero-order valence-corrected chi connectivity index (χ0v) is 41.1. The minimum Gasteiger partial charge on any atom is -2.00 e. The van der Waals surface area contributed by atoms with E-state index in [1.54, 1.807) is 12.1 Å². The summed E-state index contributed by atoms with van der Waals surface area (Å²) in [6, 6.07) is 20.1. The molecule has 331 valence electrons. The van der Waals surface area contributed by atoms with Gasteiger partial charge in [-0.15, -0.1) is 17.2 Å². The maximum Gasteiger partial charge on any atom is 0.126 e. The first-order chi connectivity index (χ1) is 27.3. The molecule has 0 heterocycles. The Morgan fingerprint density at radius 1 is 0.475 bits per heavy atom. The maximum absolute atomic E-state index is 14.6. The third-order valence-corrected chi connectivity index (χ3v) is 11.0. The van der Waals surface area contributed by atoms with Crippen molar-refractivity contribution in [2.24, 2.45) is 0 Å². The predicted molar refractivity (Wildman–Crippen MR) is 238 cm³/mol. The van der Waals surface area contributed by atoms with Gasteiger partial charge in [-0.3, -0.25) is 0 Å². The van der Waals surface area contributed by atoms with E-state index in [1.165, 1.54) is 13.8 Å². The second-order valence-electron chi connectivity index (χ2n) is 20.2. The Balaban J connectivity index is 0.00000219. The monoisotopic (exact) mass is 864 g/mol. The van der Waals surface area contributed by atoms with Crippen LogP contribution in [0.4, 0.5) is 0 Å². The van der Waals surface area contributed by atoms with E-state index in [0.717, 1.165) is 58.4 Å². The molecule has 8 heteroatoms. The SMILES string of the molecule is CC#N.CC#N.CCCCCOc1c2cc(C(C)(C)C)cc1Cc1cc(C(C)(C)C)cc(c1[O-])Cc1cc(C(C)(C)C)cc(c1[O-])Cc1cc(C(C)(C)C)cc(c1[O-])C2.[O-2].[V]. The topological polar surface area (TPSA) is 154 Å². The summed E-state index contributed by atoms with van der Waals surface area (Å²) in [5, 5.41) is 58.4. The summed E-state index contributed by atoms with van der Waals surface area (Å²) < 4.78 is 6.75. The minimum absolute atomic E-state index is 0. The van der Waals surface area contributed by atoms with Crippen LogP contribution >= 0.6 is 0 Å². The third-order valence-electron chi connectivity index (χ3n) is 11.0. The maximum atomic E-state index is 14.6. The number of nitrogens with zero attached hydrogens (tertiary/aromatic N) is 2. The van der Waals surface area contributed by atoms with Gasteiger partial charge in [0.05, 0.1) is 18.7 Å². The Kier molecular flexibility index (Phi) is 19.8. The first-order valence-electron chi connectivity index (χ1n) is 21.2. The van der Waals surface area contributed by atoms with Crippen LogP contribution in [0.25, 0.3) is 0 Å². The fourth-order valence-electron chi connectivity index (χ4n) is 7.33. The summed E-state index contributed by atoms with van der Waals surface area (Å²) in [4.78, 5) is 0. The zero-order valence-electron chi connectivity index (χ0n) is 39.7. The molecule has 0 aromatic heterocycles. The van der Waals surface area contributed by atoms with E-state index in [2.05, 4.69) is 114 Å².